The molecule has 120 valence electrons. The molecule has 2 aromatic carbocycles. The van der Waals surface area contributed by atoms with E-state index < -0.39 is 0 Å². The van der Waals surface area contributed by atoms with Gasteiger partial charge in [0.1, 0.15) is 19.0 Å². The molecule has 1 aliphatic heterocycles. The van der Waals surface area contributed by atoms with Crippen LogP contribution in [0.4, 0.5) is 5.69 Å². The number of ether oxygens (including phenoxy) is 3. The Morgan fingerprint density at radius 2 is 2.09 bits per heavy atom. The first kappa shape index (κ1) is 15.5. The molecule has 1 aliphatic rings. The fraction of sp³-hybridized carbons (Fsp3) is 0.235. The highest BCUT2D eigenvalue weighted by atomic mass is 35.5. The fourth-order valence-corrected chi connectivity index (χ4v) is 2.65. The highest BCUT2D eigenvalue weighted by molar-refractivity contribution is 6.32. The molecule has 5 nitrogen and oxygen atoms in total. The third kappa shape index (κ3) is 3.68. The van der Waals surface area contributed by atoms with Crippen LogP contribution < -0.4 is 19.5 Å². The van der Waals surface area contributed by atoms with Gasteiger partial charge in [-0.15, -0.1) is 0 Å². The van der Waals surface area contributed by atoms with Crippen LogP contribution in [0, 0.1) is 0 Å². The number of amides is 1. The van der Waals surface area contributed by atoms with E-state index in [4.69, 9.17) is 25.8 Å². The number of anilines is 1. The van der Waals surface area contributed by atoms with Gasteiger partial charge in [0.05, 0.1) is 18.6 Å². The lowest BCUT2D eigenvalue weighted by atomic mass is 10.1. The first-order valence-corrected chi connectivity index (χ1v) is 7.55. The first-order chi connectivity index (χ1) is 11.2. The van der Waals surface area contributed by atoms with Crippen LogP contribution in [0.2, 0.25) is 5.02 Å². The lowest BCUT2D eigenvalue weighted by molar-refractivity contribution is -0.115. The molecule has 0 saturated heterocycles. The van der Waals surface area contributed by atoms with Crippen molar-refractivity contribution < 1.29 is 19.0 Å². The summed E-state index contributed by atoms with van der Waals surface area (Å²) >= 11 is 6.18. The highest BCUT2D eigenvalue weighted by Gasteiger charge is 2.17. The SMILES string of the molecule is COc1cccc(NC(=O)Cc2cc(Cl)c3c(c2)OCCO3)c1. The number of methoxy groups -OCH3 is 1. The van der Waals surface area contributed by atoms with Gasteiger partial charge in [-0.2, -0.15) is 0 Å². The predicted octanol–water partition coefficient (Wildman–Crippen LogP) is 3.30. The van der Waals surface area contributed by atoms with Crippen molar-refractivity contribution in [3.63, 3.8) is 0 Å². The fourth-order valence-electron chi connectivity index (χ4n) is 2.36. The highest BCUT2D eigenvalue weighted by Crippen LogP contribution is 2.38. The Hall–Kier alpha value is -2.40. The van der Waals surface area contributed by atoms with E-state index in [1.165, 1.54) is 0 Å². The van der Waals surface area contributed by atoms with Crippen LogP contribution in [-0.4, -0.2) is 26.2 Å². The van der Waals surface area contributed by atoms with Crippen LogP contribution in [0.3, 0.4) is 0 Å². The summed E-state index contributed by atoms with van der Waals surface area (Å²) < 4.78 is 16.1. The maximum absolute atomic E-state index is 12.2. The third-order valence-electron chi connectivity index (χ3n) is 3.37. The molecular formula is C17H16ClNO4. The van der Waals surface area contributed by atoms with E-state index >= 15 is 0 Å². The van der Waals surface area contributed by atoms with Gasteiger partial charge in [-0.25, -0.2) is 0 Å². The molecule has 0 aliphatic carbocycles. The number of hydrogen-bond donors (Lipinski definition) is 1. The largest absolute Gasteiger partial charge is 0.497 e. The van der Waals surface area contributed by atoms with Gasteiger partial charge in [-0.1, -0.05) is 17.7 Å². The van der Waals surface area contributed by atoms with E-state index in [9.17, 15) is 4.79 Å². The molecule has 1 N–H and O–H groups in total. The van der Waals surface area contributed by atoms with Crippen LogP contribution in [0.25, 0.3) is 0 Å². The third-order valence-corrected chi connectivity index (χ3v) is 3.66. The standard InChI is InChI=1S/C17H16ClNO4/c1-21-13-4-2-3-12(10-13)19-16(20)9-11-7-14(18)17-15(8-11)22-5-6-23-17/h2-4,7-8,10H,5-6,9H2,1H3,(H,19,20). The van der Waals surface area contributed by atoms with Crippen LogP contribution in [0.1, 0.15) is 5.56 Å². The second-order valence-corrected chi connectivity index (χ2v) is 5.47. The Kier molecular flexibility index (Phi) is 4.57. The number of carbonyl (C=O) groups is 1. The van der Waals surface area contributed by atoms with Gasteiger partial charge >= 0.3 is 0 Å². The zero-order valence-corrected chi connectivity index (χ0v) is 13.4. The number of benzene rings is 2. The predicted molar refractivity (Wildman–Crippen MR) is 87.8 cm³/mol. The zero-order chi connectivity index (χ0) is 16.2. The minimum atomic E-state index is -0.147. The lowest BCUT2D eigenvalue weighted by Gasteiger charge is -2.20. The average molecular weight is 334 g/mol. The van der Waals surface area contributed by atoms with Gasteiger partial charge in [0.2, 0.25) is 5.91 Å². The minimum absolute atomic E-state index is 0.147. The summed E-state index contributed by atoms with van der Waals surface area (Å²) in [6.45, 7) is 0.950. The summed E-state index contributed by atoms with van der Waals surface area (Å²) in [4.78, 5) is 12.2. The molecule has 3 rings (SSSR count). The number of carbonyl (C=O) groups excluding carboxylic acids is 1. The Bertz CT molecular complexity index is 733. The molecule has 0 fully saturated rings. The molecule has 0 saturated carbocycles. The minimum Gasteiger partial charge on any atom is -0.497 e. The second-order valence-electron chi connectivity index (χ2n) is 5.06. The summed E-state index contributed by atoms with van der Waals surface area (Å²) in [6.07, 6.45) is 0.188. The lowest BCUT2D eigenvalue weighted by Crippen LogP contribution is -2.17. The summed E-state index contributed by atoms with van der Waals surface area (Å²) in [7, 11) is 1.58. The Morgan fingerprint density at radius 3 is 2.91 bits per heavy atom. The van der Waals surface area contributed by atoms with Crippen molar-refractivity contribution in [1.29, 1.82) is 0 Å². The quantitative estimate of drug-likeness (QED) is 0.932. The van der Waals surface area contributed by atoms with Crippen molar-refractivity contribution in [3.8, 4) is 17.2 Å². The van der Waals surface area contributed by atoms with Crippen molar-refractivity contribution in [1.82, 2.24) is 0 Å². The van der Waals surface area contributed by atoms with Crippen LogP contribution >= 0.6 is 11.6 Å². The number of rotatable bonds is 4. The Labute approximate surface area is 139 Å². The van der Waals surface area contributed by atoms with Crippen molar-refractivity contribution in [2.75, 3.05) is 25.6 Å². The topological polar surface area (TPSA) is 56.8 Å². The molecule has 0 spiro atoms. The van der Waals surface area contributed by atoms with Gasteiger partial charge in [0, 0.05) is 11.8 Å². The van der Waals surface area contributed by atoms with E-state index in [1.807, 2.05) is 12.1 Å². The molecule has 0 unspecified atom stereocenters. The van der Waals surface area contributed by atoms with Gasteiger partial charge in [-0.3, -0.25) is 4.79 Å². The van der Waals surface area contributed by atoms with Crippen LogP contribution in [-0.2, 0) is 11.2 Å². The molecule has 0 aromatic heterocycles. The maximum atomic E-state index is 12.2. The van der Waals surface area contributed by atoms with Gasteiger partial charge in [-0.05, 0) is 29.8 Å². The molecule has 1 heterocycles. The van der Waals surface area contributed by atoms with E-state index in [0.717, 1.165) is 5.56 Å². The second kappa shape index (κ2) is 6.79. The van der Waals surface area contributed by atoms with Crippen molar-refractivity contribution in [2.45, 2.75) is 6.42 Å². The Balaban J connectivity index is 1.71. The van der Waals surface area contributed by atoms with Crippen molar-refractivity contribution in [2.24, 2.45) is 0 Å². The number of hydrogen-bond acceptors (Lipinski definition) is 4. The smallest absolute Gasteiger partial charge is 0.228 e. The number of nitrogens with one attached hydrogen (secondary N) is 1. The number of halogens is 1. The van der Waals surface area contributed by atoms with E-state index in [1.54, 1.807) is 31.4 Å². The summed E-state index contributed by atoms with van der Waals surface area (Å²) in [5.74, 6) is 1.65. The monoisotopic (exact) mass is 333 g/mol. The zero-order valence-electron chi connectivity index (χ0n) is 12.6. The van der Waals surface area contributed by atoms with Crippen LogP contribution in [0.15, 0.2) is 36.4 Å². The van der Waals surface area contributed by atoms with Gasteiger partial charge < -0.3 is 19.5 Å². The number of fused-ring (bicyclic) bond motifs is 1. The molecule has 6 heteroatoms. The Morgan fingerprint density at radius 1 is 1.26 bits per heavy atom. The molecule has 0 atom stereocenters. The summed E-state index contributed by atoms with van der Waals surface area (Å²) in [5.41, 5.74) is 1.44. The molecule has 2 aromatic rings. The van der Waals surface area contributed by atoms with Crippen molar-refractivity contribution in [3.05, 3.63) is 47.0 Å². The van der Waals surface area contributed by atoms with E-state index in [-0.39, 0.29) is 12.3 Å². The van der Waals surface area contributed by atoms with Gasteiger partial charge in [0.15, 0.2) is 11.5 Å². The molecule has 23 heavy (non-hydrogen) atoms. The molecule has 1 amide bonds. The molecule has 0 bridgehead atoms. The van der Waals surface area contributed by atoms with Crippen molar-refractivity contribution >= 4 is 23.2 Å². The first-order valence-electron chi connectivity index (χ1n) is 7.17. The van der Waals surface area contributed by atoms with Crippen LogP contribution in [0.5, 0.6) is 17.2 Å². The molecule has 0 radical (unpaired) electrons. The van der Waals surface area contributed by atoms with Gasteiger partial charge in [0.25, 0.3) is 0 Å². The summed E-state index contributed by atoms with van der Waals surface area (Å²) in [6, 6.07) is 10.7. The normalized spacial score (nSPS) is 12.6. The van der Waals surface area contributed by atoms with E-state index in [0.29, 0.717) is 41.2 Å². The maximum Gasteiger partial charge on any atom is 0.228 e. The summed E-state index contributed by atoms with van der Waals surface area (Å²) in [5, 5.41) is 3.28. The van der Waals surface area contributed by atoms with E-state index in [2.05, 4.69) is 5.32 Å². The molecular weight excluding hydrogens is 318 g/mol. The average Bonchev–Trinajstić information content (AvgIpc) is 2.55.